The van der Waals surface area contributed by atoms with E-state index >= 15 is 0 Å². The summed E-state index contributed by atoms with van der Waals surface area (Å²) in [7, 11) is 0. The second kappa shape index (κ2) is 8.21. The van der Waals surface area contributed by atoms with Crippen LogP contribution in [0.15, 0.2) is 67.6 Å². The Morgan fingerprint density at radius 2 is 1.75 bits per heavy atom. The summed E-state index contributed by atoms with van der Waals surface area (Å²) in [6.45, 7) is 0. The molecule has 5 aromatic rings. The number of rotatable bonds is 5. The Kier molecular flexibility index (Phi) is 4.71. The molecule has 0 saturated heterocycles. The van der Waals surface area contributed by atoms with E-state index in [1.165, 1.54) is 0 Å². The van der Waals surface area contributed by atoms with Crippen LogP contribution in [0.4, 0.5) is 11.5 Å². The molecule has 1 amide bonds. The van der Waals surface area contributed by atoms with E-state index in [-0.39, 0.29) is 17.9 Å². The smallest absolute Gasteiger partial charge is 0.227 e. The summed E-state index contributed by atoms with van der Waals surface area (Å²) in [4.78, 5) is 38.0. The van der Waals surface area contributed by atoms with Crippen LogP contribution in [0.3, 0.4) is 0 Å². The van der Waals surface area contributed by atoms with Crippen molar-refractivity contribution in [2.45, 2.75) is 18.9 Å². The van der Waals surface area contributed by atoms with Crippen molar-refractivity contribution in [3.8, 4) is 22.3 Å². The van der Waals surface area contributed by atoms with E-state index < -0.39 is 0 Å². The number of hydrogen-bond acceptors (Lipinski definition) is 8. The highest BCUT2D eigenvalue weighted by molar-refractivity contribution is 5.94. The number of hydrogen-bond donors (Lipinski definition) is 4. The van der Waals surface area contributed by atoms with Crippen LogP contribution in [0.25, 0.3) is 33.3 Å². The number of amides is 1. The van der Waals surface area contributed by atoms with Gasteiger partial charge in [-0.05, 0) is 42.7 Å². The monoisotopic (exact) mass is 475 g/mol. The fourth-order valence-electron chi connectivity index (χ4n) is 4.49. The fraction of sp³-hybridized carbons (Fsp3) is 0.154. The van der Waals surface area contributed by atoms with Crippen LogP contribution in [0.2, 0.25) is 0 Å². The molecule has 1 aliphatic carbocycles. The molecule has 1 aliphatic heterocycles. The molecule has 2 aliphatic rings. The molecule has 1 atom stereocenters. The first-order valence-electron chi connectivity index (χ1n) is 11.7. The van der Waals surface area contributed by atoms with Gasteiger partial charge < -0.3 is 15.7 Å². The number of carbonyl (C=O) groups is 1. The van der Waals surface area contributed by atoms with Gasteiger partial charge in [0.25, 0.3) is 0 Å². The fourth-order valence-corrected chi connectivity index (χ4v) is 4.49. The molecule has 0 spiro atoms. The Morgan fingerprint density at radius 3 is 2.61 bits per heavy atom. The first-order valence-corrected chi connectivity index (χ1v) is 11.7. The summed E-state index contributed by atoms with van der Waals surface area (Å²) in [6.07, 6.45) is 14.3. The van der Waals surface area contributed by atoms with Crippen molar-refractivity contribution in [2.75, 3.05) is 10.7 Å². The Labute approximate surface area is 205 Å². The van der Waals surface area contributed by atoms with E-state index in [1.807, 2.05) is 24.4 Å². The highest BCUT2D eigenvalue weighted by atomic mass is 16.2. The zero-order valence-corrected chi connectivity index (χ0v) is 19.1. The first-order chi connectivity index (χ1) is 17.7. The van der Waals surface area contributed by atoms with Crippen LogP contribution >= 0.6 is 0 Å². The number of aromatic amines is 1. The van der Waals surface area contributed by atoms with Crippen molar-refractivity contribution in [1.29, 1.82) is 0 Å². The first kappa shape index (κ1) is 20.7. The van der Waals surface area contributed by atoms with E-state index in [9.17, 15) is 4.79 Å². The summed E-state index contributed by atoms with van der Waals surface area (Å²) in [5.41, 5.74) is 13.5. The Bertz CT molecular complexity index is 1610. The summed E-state index contributed by atoms with van der Waals surface area (Å²) < 4.78 is 0. The largest absolute Gasteiger partial charge is 0.339 e. The van der Waals surface area contributed by atoms with E-state index in [4.69, 9.17) is 4.98 Å². The number of carbonyl (C=O) groups excluding carboxylic acids is 1. The third-order valence-corrected chi connectivity index (χ3v) is 6.53. The highest BCUT2D eigenvalue weighted by Gasteiger charge is 2.30. The predicted molar refractivity (Wildman–Crippen MR) is 135 cm³/mol. The molecule has 1 fully saturated rings. The number of nitrogens with one attached hydrogen (secondary N) is 4. The lowest BCUT2D eigenvalue weighted by Crippen LogP contribution is -2.20. The summed E-state index contributed by atoms with van der Waals surface area (Å²) in [5.74, 6) is 1.68. The SMILES string of the molecule is O=C(Nc1cncc(-c2cnc3c(c2)C(c2nc4c(-c5ccncc5)cncc4[nH]2)NN3)c1)C1CC1. The zero-order valence-electron chi connectivity index (χ0n) is 19.1. The molecular formula is C26H21N9O. The summed E-state index contributed by atoms with van der Waals surface area (Å²) in [5, 5.41) is 2.96. The maximum Gasteiger partial charge on any atom is 0.227 e. The third-order valence-electron chi connectivity index (χ3n) is 6.53. The number of hydrazine groups is 1. The van der Waals surface area contributed by atoms with E-state index in [1.54, 1.807) is 37.2 Å². The lowest BCUT2D eigenvalue weighted by Gasteiger charge is -2.10. The van der Waals surface area contributed by atoms with Crippen molar-refractivity contribution in [3.63, 3.8) is 0 Å². The van der Waals surface area contributed by atoms with Crippen molar-refractivity contribution in [2.24, 2.45) is 5.92 Å². The topological polar surface area (TPSA) is 133 Å². The molecule has 36 heavy (non-hydrogen) atoms. The maximum absolute atomic E-state index is 12.2. The normalized spacial score (nSPS) is 16.5. The van der Waals surface area contributed by atoms with E-state index in [2.05, 4.69) is 47.2 Å². The second-order valence-electron chi connectivity index (χ2n) is 9.03. The van der Waals surface area contributed by atoms with Gasteiger partial charge >= 0.3 is 0 Å². The van der Waals surface area contributed by atoms with Crippen LogP contribution in [-0.4, -0.2) is 35.8 Å². The summed E-state index contributed by atoms with van der Waals surface area (Å²) in [6, 6.07) is 7.64. The molecular weight excluding hydrogens is 454 g/mol. The number of anilines is 2. The number of fused-ring (bicyclic) bond motifs is 2. The molecule has 0 aromatic carbocycles. The maximum atomic E-state index is 12.2. The molecule has 5 aromatic heterocycles. The highest BCUT2D eigenvalue weighted by Crippen LogP contribution is 2.36. The van der Waals surface area contributed by atoms with Gasteiger partial charge in [0, 0.05) is 59.2 Å². The van der Waals surface area contributed by atoms with Crippen LogP contribution in [-0.2, 0) is 4.79 Å². The minimum atomic E-state index is -0.240. The Hall–Kier alpha value is -4.70. The van der Waals surface area contributed by atoms with Gasteiger partial charge in [-0.2, -0.15) is 0 Å². The molecule has 6 heterocycles. The van der Waals surface area contributed by atoms with Crippen molar-refractivity contribution in [3.05, 3.63) is 79.0 Å². The minimum Gasteiger partial charge on any atom is -0.339 e. The lowest BCUT2D eigenvalue weighted by molar-refractivity contribution is -0.117. The van der Waals surface area contributed by atoms with Gasteiger partial charge in [0.2, 0.25) is 5.91 Å². The predicted octanol–water partition coefficient (Wildman–Crippen LogP) is 3.84. The molecule has 10 heteroatoms. The number of aromatic nitrogens is 6. The van der Waals surface area contributed by atoms with Gasteiger partial charge in [0.1, 0.15) is 17.7 Å². The third kappa shape index (κ3) is 3.64. The zero-order chi connectivity index (χ0) is 24.1. The number of H-pyrrole nitrogens is 1. The van der Waals surface area contributed by atoms with Crippen molar-refractivity contribution in [1.82, 2.24) is 35.3 Å². The van der Waals surface area contributed by atoms with E-state index in [0.717, 1.165) is 63.3 Å². The van der Waals surface area contributed by atoms with Gasteiger partial charge in [-0.25, -0.2) is 15.4 Å². The number of pyridine rings is 4. The van der Waals surface area contributed by atoms with E-state index in [0.29, 0.717) is 5.69 Å². The minimum absolute atomic E-state index is 0.0556. The van der Waals surface area contributed by atoms with Crippen LogP contribution in [0.1, 0.15) is 30.3 Å². The molecule has 1 unspecified atom stereocenters. The van der Waals surface area contributed by atoms with Gasteiger partial charge in [-0.3, -0.25) is 19.7 Å². The second-order valence-corrected chi connectivity index (χ2v) is 9.03. The lowest BCUT2D eigenvalue weighted by atomic mass is 10.0. The van der Waals surface area contributed by atoms with Crippen LogP contribution < -0.4 is 16.2 Å². The van der Waals surface area contributed by atoms with Gasteiger partial charge in [-0.15, -0.1) is 0 Å². The van der Waals surface area contributed by atoms with Crippen molar-refractivity contribution >= 4 is 28.4 Å². The standard InChI is InChI=1S/C26H21N9O/c36-26(15-1-2-15)31-18-7-16(9-28-11-18)17-8-19-23(34-35-24(19)30-10-17)25-32-21-13-29-12-20(22(21)33-25)14-3-5-27-6-4-14/h3-13,15,23,34H,1-2H2,(H,30,35)(H,31,36)(H,32,33). The molecule has 4 N–H and O–H groups in total. The quantitative estimate of drug-likeness (QED) is 0.301. The average Bonchev–Trinajstić information content (AvgIpc) is 3.55. The van der Waals surface area contributed by atoms with Crippen LogP contribution in [0, 0.1) is 5.92 Å². The number of imidazole rings is 1. The van der Waals surface area contributed by atoms with Gasteiger partial charge in [-0.1, -0.05) is 0 Å². The average molecular weight is 476 g/mol. The molecule has 10 nitrogen and oxygen atoms in total. The molecule has 0 bridgehead atoms. The summed E-state index contributed by atoms with van der Waals surface area (Å²) >= 11 is 0. The van der Waals surface area contributed by atoms with Crippen molar-refractivity contribution < 1.29 is 4.79 Å². The van der Waals surface area contributed by atoms with Gasteiger partial charge in [0.05, 0.1) is 29.1 Å². The Balaban J connectivity index is 1.23. The van der Waals surface area contributed by atoms with Crippen LogP contribution in [0.5, 0.6) is 0 Å². The Morgan fingerprint density at radius 1 is 0.917 bits per heavy atom. The molecule has 0 radical (unpaired) electrons. The molecule has 7 rings (SSSR count). The number of nitrogens with zero attached hydrogens (tertiary/aromatic N) is 5. The molecule has 176 valence electrons. The van der Waals surface area contributed by atoms with Gasteiger partial charge in [0.15, 0.2) is 0 Å². The molecule has 1 saturated carbocycles.